The molecule has 8 heteroatoms. The standard InChI is InChI=1S/C24H25BrO7/c1-7-10(3)14-9-15(12(5)20(26)17(14)23(29)30)32-24(31)18-16(11(4)8-2)19(25)22(28)13(6)21(18)27/h7-9,26-28H,1-6H3,(H,29,30). The summed E-state index contributed by atoms with van der Waals surface area (Å²) >= 11 is 3.28. The Morgan fingerprint density at radius 2 is 1.41 bits per heavy atom. The Kier molecular flexibility index (Phi) is 7.41. The second-order valence-corrected chi connectivity index (χ2v) is 8.09. The van der Waals surface area contributed by atoms with Gasteiger partial charge >= 0.3 is 11.9 Å². The summed E-state index contributed by atoms with van der Waals surface area (Å²) in [6, 6.07) is 1.37. The molecule has 0 spiro atoms. The van der Waals surface area contributed by atoms with Crippen molar-refractivity contribution in [2.24, 2.45) is 0 Å². The van der Waals surface area contributed by atoms with Gasteiger partial charge in [-0.15, -0.1) is 0 Å². The second-order valence-electron chi connectivity index (χ2n) is 7.30. The monoisotopic (exact) mass is 504 g/mol. The van der Waals surface area contributed by atoms with Crippen molar-refractivity contribution >= 4 is 39.0 Å². The maximum absolute atomic E-state index is 13.2. The normalized spacial score (nSPS) is 12.1. The fourth-order valence-corrected chi connectivity index (χ4v) is 4.02. The third-order valence-corrected chi connectivity index (χ3v) is 6.21. The number of hydrogen-bond acceptors (Lipinski definition) is 6. The summed E-state index contributed by atoms with van der Waals surface area (Å²) in [5.41, 5.74) is 1.29. The minimum absolute atomic E-state index is 0.0565. The summed E-state index contributed by atoms with van der Waals surface area (Å²) in [6.07, 6.45) is 3.37. The Bertz CT molecular complexity index is 1190. The molecule has 0 atom stereocenters. The first-order valence-electron chi connectivity index (χ1n) is 9.71. The molecule has 2 aromatic rings. The van der Waals surface area contributed by atoms with E-state index in [1.807, 2.05) is 0 Å². The van der Waals surface area contributed by atoms with Gasteiger partial charge in [-0.05, 0) is 80.2 Å². The maximum atomic E-state index is 13.2. The molecule has 0 aliphatic heterocycles. The first-order chi connectivity index (χ1) is 14.9. The number of hydrogen-bond donors (Lipinski definition) is 4. The van der Waals surface area contributed by atoms with Gasteiger partial charge in [-0.3, -0.25) is 0 Å². The molecule has 0 unspecified atom stereocenters. The predicted molar refractivity (Wildman–Crippen MR) is 126 cm³/mol. The maximum Gasteiger partial charge on any atom is 0.348 e. The molecule has 0 aromatic heterocycles. The van der Waals surface area contributed by atoms with Crippen LogP contribution in [0.2, 0.25) is 0 Å². The molecule has 0 fully saturated rings. The number of benzene rings is 2. The van der Waals surface area contributed by atoms with Crippen molar-refractivity contribution in [1.82, 2.24) is 0 Å². The fraction of sp³-hybridized carbons (Fsp3) is 0.250. The number of allylic oxidation sites excluding steroid dienone is 4. The Morgan fingerprint density at radius 1 is 0.875 bits per heavy atom. The Hall–Kier alpha value is -3.26. The first kappa shape index (κ1) is 25.0. The molecule has 4 N–H and O–H groups in total. The zero-order valence-electron chi connectivity index (χ0n) is 18.6. The van der Waals surface area contributed by atoms with Gasteiger partial charge in [-0.2, -0.15) is 0 Å². The molecule has 170 valence electrons. The highest BCUT2D eigenvalue weighted by atomic mass is 79.9. The molecular weight excluding hydrogens is 480 g/mol. The summed E-state index contributed by atoms with van der Waals surface area (Å²) < 4.78 is 5.76. The minimum atomic E-state index is -1.32. The van der Waals surface area contributed by atoms with Gasteiger partial charge in [-0.25, -0.2) is 9.59 Å². The van der Waals surface area contributed by atoms with Crippen LogP contribution < -0.4 is 4.74 Å². The van der Waals surface area contributed by atoms with Crippen molar-refractivity contribution in [2.45, 2.75) is 41.5 Å². The molecule has 0 saturated heterocycles. The number of esters is 1. The number of aromatic carboxylic acids is 1. The SMILES string of the molecule is CC=C(C)c1cc(OC(=O)c2c(O)c(C)c(O)c(Br)c2C(C)=CC)c(C)c(O)c1C(=O)O. The Labute approximate surface area is 194 Å². The predicted octanol–water partition coefficient (Wildman–Crippen LogP) is 5.95. The molecule has 0 radical (unpaired) electrons. The molecule has 0 aliphatic rings. The molecule has 2 aromatic carbocycles. The van der Waals surface area contributed by atoms with E-state index >= 15 is 0 Å². The fourth-order valence-electron chi connectivity index (χ4n) is 3.21. The van der Waals surface area contributed by atoms with Crippen molar-refractivity contribution < 1.29 is 34.8 Å². The minimum Gasteiger partial charge on any atom is -0.507 e. The first-order valence-corrected chi connectivity index (χ1v) is 10.5. The van der Waals surface area contributed by atoms with E-state index in [1.54, 1.807) is 39.8 Å². The third-order valence-electron chi connectivity index (χ3n) is 5.44. The van der Waals surface area contributed by atoms with Crippen molar-refractivity contribution in [3.05, 3.63) is 56.1 Å². The zero-order chi connectivity index (χ0) is 24.5. The number of halogens is 1. The molecule has 0 heterocycles. The van der Waals surface area contributed by atoms with Crippen LogP contribution in [0.15, 0.2) is 22.7 Å². The van der Waals surface area contributed by atoms with Crippen LogP contribution in [0, 0.1) is 13.8 Å². The highest BCUT2D eigenvalue weighted by molar-refractivity contribution is 9.10. The lowest BCUT2D eigenvalue weighted by molar-refractivity contribution is 0.0692. The second kappa shape index (κ2) is 9.48. The number of carboxylic acids is 1. The summed E-state index contributed by atoms with van der Waals surface area (Å²) in [5.74, 6) is -3.48. The average Bonchev–Trinajstić information content (AvgIpc) is 2.75. The number of phenols is 3. The number of ether oxygens (including phenoxy) is 1. The van der Waals surface area contributed by atoms with Crippen molar-refractivity contribution in [1.29, 1.82) is 0 Å². The quantitative estimate of drug-likeness (QED) is 0.293. The van der Waals surface area contributed by atoms with Gasteiger partial charge in [0.1, 0.15) is 34.1 Å². The lowest BCUT2D eigenvalue weighted by atomic mass is 9.95. The summed E-state index contributed by atoms with van der Waals surface area (Å²) in [5, 5.41) is 41.0. The van der Waals surface area contributed by atoms with Crippen LogP contribution in [0.4, 0.5) is 0 Å². The zero-order valence-corrected chi connectivity index (χ0v) is 20.2. The van der Waals surface area contributed by atoms with Crippen LogP contribution in [-0.4, -0.2) is 32.4 Å². The average molecular weight is 505 g/mol. The van der Waals surface area contributed by atoms with E-state index in [1.165, 1.54) is 19.9 Å². The van der Waals surface area contributed by atoms with Gasteiger partial charge in [0.15, 0.2) is 0 Å². The topological polar surface area (TPSA) is 124 Å². The van der Waals surface area contributed by atoms with Gasteiger partial charge in [-0.1, -0.05) is 12.2 Å². The van der Waals surface area contributed by atoms with Crippen LogP contribution in [0.1, 0.15) is 70.7 Å². The van der Waals surface area contributed by atoms with Gasteiger partial charge < -0.3 is 25.2 Å². The molecule has 32 heavy (non-hydrogen) atoms. The lowest BCUT2D eigenvalue weighted by Gasteiger charge is -2.19. The highest BCUT2D eigenvalue weighted by Crippen LogP contribution is 2.44. The lowest BCUT2D eigenvalue weighted by Crippen LogP contribution is -2.14. The van der Waals surface area contributed by atoms with E-state index in [0.29, 0.717) is 11.1 Å². The molecule has 0 amide bonds. The molecule has 0 saturated carbocycles. The molecule has 0 bridgehead atoms. The Morgan fingerprint density at radius 3 is 1.91 bits per heavy atom. The molecular formula is C24H25BrO7. The summed E-state index contributed by atoms with van der Waals surface area (Å²) in [7, 11) is 0. The van der Waals surface area contributed by atoms with Crippen molar-refractivity contribution in [3.63, 3.8) is 0 Å². The van der Waals surface area contributed by atoms with Crippen LogP contribution in [0.25, 0.3) is 11.1 Å². The van der Waals surface area contributed by atoms with Crippen LogP contribution in [0.3, 0.4) is 0 Å². The van der Waals surface area contributed by atoms with Crippen molar-refractivity contribution in [2.75, 3.05) is 0 Å². The number of phenolic OH excluding ortho intramolecular Hbond substituents is 2. The van der Waals surface area contributed by atoms with Gasteiger partial charge in [0.05, 0.1) is 4.47 Å². The smallest absolute Gasteiger partial charge is 0.348 e. The molecule has 0 aliphatic carbocycles. The van der Waals surface area contributed by atoms with Gasteiger partial charge in [0.2, 0.25) is 0 Å². The molecule has 7 nitrogen and oxygen atoms in total. The van der Waals surface area contributed by atoms with E-state index in [0.717, 1.165) is 0 Å². The van der Waals surface area contributed by atoms with E-state index in [9.17, 15) is 30.0 Å². The summed E-state index contributed by atoms with van der Waals surface area (Å²) in [6.45, 7) is 9.70. The van der Waals surface area contributed by atoms with Crippen LogP contribution >= 0.6 is 15.9 Å². The van der Waals surface area contributed by atoms with Crippen LogP contribution in [-0.2, 0) is 0 Å². The number of carboxylic acid groups (broad SMARTS) is 1. The molecule has 2 rings (SSSR count). The van der Waals surface area contributed by atoms with E-state index < -0.39 is 23.4 Å². The van der Waals surface area contributed by atoms with E-state index in [-0.39, 0.29) is 49.4 Å². The van der Waals surface area contributed by atoms with Gasteiger partial charge in [0, 0.05) is 16.7 Å². The third kappa shape index (κ3) is 4.23. The Balaban J connectivity index is 2.77. The van der Waals surface area contributed by atoms with Crippen LogP contribution in [0.5, 0.6) is 23.0 Å². The van der Waals surface area contributed by atoms with E-state index in [4.69, 9.17) is 4.74 Å². The number of aromatic hydroxyl groups is 3. The summed E-state index contributed by atoms with van der Waals surface area (Å²) in [4.78, 5) is 24.9. The number of carbonyl (C=O) groups excluding carboxylic acids is 1. The van der Waals surface area contributed by atoms with Crippen molar-refractivity contribution in [3.8, 4) is 23.0 Å². The largest absolute Gasteiger partial charge is 0.507 e. The highest BCUT2D eigenvalue weighted by Gasteiger charge is 2.29. The number of rotatable bonds is 5. The van der Waals surface area contributed by atoms with E-state index in [2.05, 4.69) is 15.9 Å². The van der Waals surface area contributed by atoms with Gasteiger partial charge in [0.25, 0.3) is 0 Å². The number of carbonyl (C=O) groups is 2.